The van der Waals surface area contributed by atoms with E-state index in [0.29, 0.717) is 0 Å². The number of hydrogen-bond donors (Lipinski definition) is 4. The first kappa shape index (κ1) is 14.2. The number of nitrogens with two attached hydrogens (primary N) is 1. The number of primary amides is 1. The van der Waals surface area contributed by atoms with Gasteiger partial charge >= 0.3 is 0 Å². The van der Waals surface area contributed by atoms with Crippen molar-refractivity contribution in [3.63, 3.8) is 0 Å². The first-order chi connectivity index (χ1) is 6.90. The molecule has 88 valence electrons. The standard InChI is InChI=1S/C7H14N2O5S/c1-4(7(12)9-13)15(14)6(11)3-2-5(8)10/h4,6,11,13H,2-3H2,1H3,(H2,8,10)(H,9,12). The second-order valence-corrected chi connectivity index (χ2v) is 4.81. The van der Waals surface area contributed by atoms with Gasteiger partial charge in [-0.2, -0.15) is 0 Å². The molecule has 0 saturated carbocycles. The number of rotatable bonds is 6. The summed E-state index contributed by atoms with van der Waals surface area (Å²) in [6.07, 6.45) is -0.189. The lowest BCUT2D eigenvalue weighted by molar-refractivity contribution is -0.128. The first-order valence-electron chi connectivity index (χ1n) is 4.19. The van der Waals surface area contributed by atoms with Gasteiger partial charge in [-0.15, -0.1) is 0 Å². The van der Waals surface area contributed by atoms with Gasteiger partial charge in [0.25, 0.3) is 5.91 Å². The molecule has 7 nitrogen and oxygen atoms in total. The Morgan fingerprint density at radius 3 is 2.53 bits per heavy atom. The number of aliphatic hydroxyl groups is 1. The van der Waals surface area contributed by atoms with Gasteiger partial charge in [0.1, 0.15) is 0 Å². The van der Waals surface area contributed by atoms with Crippen molar-refractivity contribution in [1.82, 2.24) is 5.48 Å². The highest BCUT2D eigenvalue weighted by atomic mass is 32.2. The number of carbonyl (C=O) groups is 2. The smallest absolute Gasteiger partial charge is 0.296 e. The van der Waals surface area contributed by atoms with Crippen molar-refractivity contribution in [1.29, 1.82) is 0 Å². The SMILES string of the molecule is CC(C(=O)NO)[S+]([O-])C(O)CCC(N)=O. The highest BCUT2D eigenvalue weighted by Crippen LogP contribution is 2.12. The van der Waals surface area contributed by atoms with Crippen LogP contribution < -0.4 is 11.2 Å². The van der Waals surface area contributed by atoms with Crippen LogP contribution in [0.4, 0.5) is 0 Å². The second kappa shape index (κ2) is 6.62. The Hall–Kier alpha value is -0.830. The Kier molecular flexibility index (Phi) is 6.25. The summed E-state index contributed by atoms with van der Waals surface area (Å²) in [5, 5.41) is 16.5. The van der Waals surface area contributed by atoms with Crippen LogP contribution in [0.1, 0.15) is 19.8 Å². The van der Waals surface area contributed by atoms with Crippen molar-refractivity contribution in [3.05, 3.63) is 0 Å². The lowest BCUT2D eigenvalue weighted by atomic mass is 10.3. The first-order valence-corrected chi connectivity index (χ1v) is 5.47. The summed E-state index contributed by atoms with van der Waals surface area (Å²) in [7, 11) is 0. The highest BCUT2D eigenvalue weighted by molar-refractivity contribution is 7.93. The molecule has 0 bridgehead atoms. The maximum Gasteiger partial charge on any atom is 0.296 e. The molecule has 3 unspecified atom stereocenters. The molecular weight excluding hydrogens is 224 g/mol. The average Bonchev–Trinajstić information content (AvgIpc) is 2.22. The molecule has 0 heterocycles. The number of hydroxylamine groups is 1. The summed E-state index contributed by atoms with van der Waals surface area (Å²) >= 11 is -1.88. The fourth-order valence-electron chi connectivity index (χ4n) is 0.814. The van der Waals surface area contributed by atoms with Gasteiger partial charge in [0.05, 0.1) is 0 Å². The quantitative estimate of drug-likeness (QED) is 0.246. The lowest BCUT2D eigenvalue weighted by Gasteiger charge is -2.20. The van der Waals surface area contributed by atoms with Gasteiger partial charge in [-0.3, -0.25) is 14.8 Å². The maximum absolute atomic E-state index is 11.4. The van der Waals surface area contributed by atoms with Gasteiger partial charge in [-0.05, 0) is 18.1 Å². The third-order valence-corrected chi connectivity index (χ3v) is 3.42. The van der Waals surface area contributed by atoms with E-state index in [1.165, 1.54) is 12.4 Å². The van der Waals surface area contributed by atoms with Crippen LogP contribution in [0.25, 0.3) is 0 Å². The molecule has 0 aliphatic rings. The Morgan fingerprint density at radius 1 is 1.60 bits per heavy atom. The second-order valence-electron chi connectivity index (χ2n) is 2.91. The minimum atomic E-state index is -1.88. The molecule has 0 aromatic rings. The topological polar surface area (TPSA) is 136 Å². The summed E-state index contributed by atoms with van der Waals surface area (Å²) in [6.45, 7) is 1.29. The van der Waals surface area contributed by atoms with E-state index in [1.807, 2.05) is 0 Å². The van der Waals surface area contributed by atoms with E-state index < -0.39 is 33.7 Å². The van der Waals surface area contributed by atoms with Crippen LogP contribution in [-0.4, -0.2) is 37.4 Å². The fourth-order valence-corrected chi connectivity index (χ4v) is 1.90. The maximum atomic E-state index is 11.4. The van der Waals surface area contributed by atoms with E-state index in [1.54, 1.807) is 0 Å². The number of carbonyl (C=O) groups excluding carboxylic acids is 2. The molecule has 0 rings (SSSR count). The molecule has 0 radical (unpaired) electrons. The Morgan fingerprint density at radius 2 is 2.13 bits per heavy atom. The number of amides is 2. The van der Waals surface area contributed by atoms with Crippen molar-refractivity contribution < 1.29 is 24.5 Å². The summed E-state index contributed by atoms with van der Waals surface area (Å²) in [4.78, 5) is 21.2. The van der Waals surface area contributed by atoms with Gasteiger partial charge in [0.15, 0.2) is 5.25 Å². The van der Waals surface area contributed by atoms with Gasteiger partial charge in [0, 0.05) is 12.8 Å². The van der Waals surface area contributed by atoms with Crippen molar-refractivity contribution in [2.45, 2.75) is 30.5 Å². The van der Waals surface area contributed by atoms with Gasteiger partial charge in [-0.1, -0.05) is 0 Å². The van der Waals surface area contributed by atoms with Crippen LogP contribution in [0.15, 0.2) is 0 Å². The van der Waals surface area contributed by atoms with E-state index in [4.69, 9.17) is 10.9 Å². The molecule has 0 aromatic carbocycles. The molecule has 0 spiro atoms. The minimum Gasteiger partial charge on any atom is -0.614 e. The monoisotopic (exact) mass is 238 g/mol. The summed E-state index contributed by atoms with van der Waals surface area (Å²) in [6, 6.07) is 0. The molecule has 0 aliphatic heterocycles. The average molecular weight is 238 g/mol. The van der Waals surface area contributed by atoms with Crippen LogP contribution in [0.5, 0.6) is 0 Å². The van der Waals surface area contributed by atoms with Crippen molar-refractivity contribution in [2.24, 2.45) is 5.73 Å². The number of nitrogens with one attached hydrogen (secondary N) is 1. The van der Waals surface area contributed by atoms with Crippen LogP contribution in [0.3, 0.4) is 0 Å². The highest BCUT2D eigenvalue weighted by Gasteiger charge is 2.31. The zero-order chi connectivity index (χ0) is 12.0. The van der Waals surface area contributed by atoms with E-state index >= 15 is 0 Å². The van der Waals surface area contributed by atoms with Crippen molar-refractivity contribution in [2.75, 3.05) is 0 Å². The van der Waals surface area contributed by atoms with Crippen molar-refractivity contribution in [3.8, 4) is 0 Å². The predicted octanol–water partition coefficient (Wildman–Crippen LogP) is -1.79. The van der Waals surface area contributed by atoms with Gasteiger partial charge < -0.3 is 15.4 Å². The van der Waals surface area contributed by atoms with E-state index in [9.17, 15) is 19.2 Å². The molecule has 15 heavy (non-hydrogen) atoms. The third-order valence-electron chi connectivity index (χ3n) is 1.73. The van der Waals surface area contributed by atoms with E-state index in [0.717, 1.165) is 0 Å². The predicted molar refractivity (Wildman–Crippen MR) is 52.0 cm³/mol. The zero-order valence-electron chi connectivity index (χ0n) is 8.17. The Balaban J connectivity index is 4.12. The molecule has 3 atom stereocenters. The molecule has 0 fully saturated rings. The van der Waals surface area contributed by atoms with Crippen molar-refractivity contribution >= 4 is 23.0 Å². The van der Waals surface area contributed by atoms with Crippen LogP contribution >= 0.6 is 0 Å². The largest absolute Gasteiger partial charge is 0.614 e. The van der Waals surface area contributed by atoms with Crippen LogP contribution in [0.2, 0.25) is 0 Å². The molecule has 0 aromatic heterocycles. The van der Waals surface area contributed by atoms with Gasteiger partial charge in [-0.25, -0.2) is 5.48 Å². The molecule has 2 amide bonds. The number of aliphatic hydroxyl groups excluding tert-OH is 1. The molecular formula is C7H14N2O5S. The summed E-state index contributed by atoms with van der Waals surface area (Å²) in [5.74, 6) is -1.48. The Labute approximate surface area is 89.8 Å². The number of hydrogen-bond acceptors (Lipinski definition) is 5. The van der Waals surface area contributed by atoms with Crippen LogP contribution in [0, 0.1) is 0 Å². The summed E-state index contributed by atoms with van der Waals surface area (Å²) in [5.41, 5.74) is 4.85. The molecule has 8 heteroatoms. The summed E-state index contributed by atoms with van der Waals surface area (Å²) < 4.78 is 11.4. The zero-order valence-corrected chi connectivity index (χ0v) is 8.99. The van der Waals surface area contributed by atoms with E-state index in [-0.39, 0.29) is 12.8 Å². The molecule has 5 N–H and O–H groups in total. The lowest BCUT2D eigenvalue weighted by Crippen LogP contribution is -2.41. The molecule has 0 saturated heterocycles. The van der Waals surface area contributed by atoms with E-state index in [2.05, 4.69) is 0 Å². The van der Waals surface area contributed by atoms with Crippen LogP contribution in [-0.2, 0) is 20.8 Å². The Bertz CT molecular complexity index is 237. The normalized spacial score (nSPS) is 16.5. The fraction of sp³-hybridized carbons (Fsp3) is 0.714. The third kappa shape index (κ3) is 4.98. The minimum absolute atomic E-state index is 0.0784. The molecule has 0 aliphatic carbocycles. The van der Waals surface area contributed by atoms with Gasteiger partial charge in [0.2, 0.25) is 11.3 Å².